The number of nitrogens with zero attached hydrogens (tertiary/aromatic N) is 2. The van der Waals surface area contributed by atoms with Crippen LogP contribution in [0.15, 0.2) is 36.8 Å². The topological polar surface area (TPSA) is 44.1 Å². The number of benzene rings is 1. The van der Waals surface area contributed by atoms with E-state index in [0.29, 0.717) is 5.56 Å². The van der Waals surface area contributed by atoms with Crippen molar-refractivity contribution in [2.24, 2.45) is 0 Å². The van der Waals surface area contributed by atoms with Gasteiger partial charge in [0.1, 0.15) is 15.3 Å². The lowest BCUT2D eigenvalue weighted by Crippen LogP contribution is -2.43. The van der Waals surface area contributed by atoms with Crippen LogP contribution in [0.2, 0.25) is 0 Å². The van der Waals surface area contributed by atoms with Crippen LogP contribution in [-0.4, -0.2) is 21.1 Å². The number of esters is 1. The lowest BCUT2D eigenvalue weighted by atomic mass is 9.86. The summed E-state index contributed by atoms with van der Waals surface area (Å²) in [5.74, 6) is -0.257. The van der Waals surface area contributed by atoms with E-state index in [0.717, 1.165) is 9.26 Å². The summed E-state index contributed by atoms with van der Waals surface area (Å²) in [7, 11) is 0. The van der Waals surface area contributed by atoms with Crippen LogP contribution in [0.5, 0.6) is 0 Å². The maximum Gasteiger partial charge on any atom is 0.339 e. The van der Waals surface area contributed by atoms with E-state index in [-0.39, 0.29) is 12.0 Å². The Morgan fingerprint density at radius 2 is 2.11 bits per heavy atom. The molecule has 0 saturated carbocycles. The number of hydrogen-bond donors (Lipinski definition) is 0. The van der Waals surface area contributed by atoms with Crippen LogP contribution >= 0.6 is 22.6 Å². The van der Waals surface area contributed by atoms with E-state index in [4.69, 9.17) is 4.74 Å². The molecule has 2 aromatic rings. The first-order valence-electron chi connectivity index (χ1n) is 6.00. The molecule has 0 aliphatic carbocycles. The number of hydrogen-bond acceptors (Lipinski definition) is 3. The van der Waals surface area contributed by atoms with Crippen molar-refractivity contribution in [3.8, 4) is 0 Å². The average molecular weight is 368 g/mol. The number of cyclic esters (lactones) is 1. The maximum absolute atomic E-state index is 12.1. The van der Waals surface area contributed by atoms with Gasteiger partial charge in [-0.3, -0.25) is 0 Å². The molecule has 0 unspecified atom stereocenters. The molecule has 1 aliphatic heterocycles. The molecule has 0 fully saturated rings. The molecule has 2 heterocycles. The number of aromatic nitrogens is 2. The molecule has 0 spiro atoms. The first-order valence-corrected chi connectivity index (χ1v) is 7.08. The van der Waals surface area contributed by atoms with Crippen LogP contribution in [0.3, 0.4) is 0 Å². The first kappa shape index (κ1) is 12.7. The lowest BCUT2D eigenvalue weighted by Gasteiger charge is -2.40. The molecular formula is C14H13IN2O2. The van der Waals surface area contributed by atoms with Gasteiger partial charge >= 0.3 is 5.97 Å². The third-order valence-corrected chi connectivity index (χ3v) is 4.22. The van der Waals surface area contributed by atoms with Crippen molar-refractivity contribution >= 4 is 28.6 Å². The molecule has 1 aliphatic rings. The summed E-state index contributed by atoms with van der Waals surface area (Å²) in [5, 5.41) is 0. The van der Waals surface area contributed by atoms with Gasteiger partial charge in [0, 0.05) is 0 Å². The Kier molecular flexibility index (Phi) is 2.88. The fourth-order valence-corrected chi connectivity index (χ4v) is 3.17. The van der Waals surface area contributed by atoms with E-state index in [9.17, 15) is 4.79 Å². The van der Waals surface area contributed by atoms with E-state index in [1.807, 2.05) is 42.7 Å². The molecule has 0 N–H and O–H groups in total. The second-order valence-electron chi connectivity index (χ2n) is 5.11. The van der Waals surface area contributed by atoms with Crippen molar-refractivity contribution in [2.45, 2.75) is 25.5 Å². The van der Waals surface area contributed by atoms with Gasteiger partial charge in [-0.25, -0.2) is 9.78 Å². The molecular weight excluding hydrogens is 355 g/mol. The zero-order chi connectivity index (χ0) is 13.6. The molecule has 4 nitrogen and oxygen atoms in total. The standard InChI is InChI=1S/C14H13IN2O2/c1-14(2)12(17-8-16-7-11(17)15)9-5-3-4-6-10(9)13(18)19-14/h3-8,12H,1-2H3/t12-/m0/s1. The van der Waals surface area contributed by atoms with Crippen LogP contribution in [0.25, 0.3) is 0 Å². The molecule has 19 heavy (non-hydrogen) atoms. The zero-order valence-electron chi connectivity index (χ0n) is 10.6. The Bertz CT molecular complexity index is 648. The second-order valence-corrected chi connectivity index (χ2v) is 6.21. The fourth-order valence-electron chi connectivity index (χ4n) is 2.61. The molecule has 5 heteroatoms. The Labute approximate surface area is 124 Å². The lowest BCUT2D eigenvalue weighted by molar-refractivity contribution is -0.0265. The molecule has 0 saturated heterocycles. The highest BCUT2D eigenvalue weighted by Crippen LogP contribution is 2.40. The van der Waals surface area contributed by atoms with E-state index >= 15 is 0 Å². The van der Waals surface area contributed by atoms with Gasteiger partial charge in [0.2, 0.25) is 0 Å². The molecule has 0 bridgehead atoms. The monoisotopic (exact) mass is 368 g/mol. The molecule has 1 atom stereocenters. The molecule has 1 aromatic heterocycles. The van der Waals surface area contributed by atoms with Gasteiger partial charge in [0.25, 0.3) is 0 Å². The van der Waals surface area contributed by atoms with E-state index in [1.165, 1.54) is 0 Å². The number of rotatable bonds is 1. The van der Waals surface area contributed by atoms with Gasteiger partial charge in [0.15, 0.2) is 0 Å². The van der Waals surface area contributed by atoms with Gasteiger partial charge in [-0.1, -0.05) is 18.2 Å². The first-order chi connectivity index (χ1) is 9.00. The molecule has 98 valence electrons. The highest BCUT2D eigenvalue weighted by Gasteiger charge is 2.43. The Morgan fingerprint density at radius 1 is 1.37 bits per heavy atom. The van der Waals surface area contributed by atoms with Gasteiger partial charge < -0.3 is 9.30 Å². The largest absolute Gasteiger partial charge is 0.453 e. The van der Waals surface area contributed by atoms with Crippen molar-refractivity contribution in [1.82, 2.24) is 9.55 Å². The number of fused-ring (bicyclic) bond motifs is 1. The van der Waals surface area contributed by atoms with Crippen LogP contribution in [0.4, 0.5) is 0 Å². The van der Waals surface area contributed by atoms with Gasteiger partial charge in [-0.15, -0.1) is 0 Å². The number of imidazole rings is 1. The van der Waals surface area contributed by atoms with Gasteiger partial charge in [-0.2, -0.15) is 0 Å². The summed E-state index contributed by atoms with van der Waals surface area (Å²) in [5.41, 5.74) is 1.02. The van der Waals surface area contributed by atoms with Crippen molar-refractivity contribution in [3.05, 3.63) is 51.6 Å². The van der Waals surface area contributed by atoms with Crippen molar-refractivity contribution < 1.29 is 9.53 Å². The highest BCUT2D eigenvalue weighted by atomic mass is 127. The SMILES string of the molecule is CC1(C)OC(=O)c2ccccc2[C@@H]1n1cncc1I. The predicted molar refractivity (Wildman–Crippen MR) is 79.0 cm³/mol. The average Bonchev–Trinajstić information content (AvgIpc) is 2.75. The summed E-state index contributed by atoms with van der Waals surface area (Å²) in [4.78, 5) is 16.2. The van der Waals surface area contributed by atoms with Crippen molar-refractivity contribution in [2.75, 3.05) is 0 Å². The van der Waals surface area contributed by atoms with Crippen LogP contribution in [-0.2, 0) is 4.74 Å². The van der Waals surface area contributed by atoms with Gasteiger partial charge in [-0.05, 0) is 48.1 Å². The molecule has 0 radical (unpaired) electrons. The molecule has 3 rings (SSSR count). The van der Waals surface area contributed by atoms with Crippen LogP contribution in [0.1, 0.15) is 35.8 Å². The summed E-state index contributed by atoms with van der Waals surface area (Å²) in [6.07, 6.45) is 3.58. The minimum Gasteiger partial charge on any atom is -0.453 e. The number of carbonyl (C=O) groups is 1. The maximum atomic E-state index is 12.1. The van der Waals surface area contributed by atoms with Crippen LogP contribution in [0, 0.1) is 3.70 Å². The number of halogens is 1. The Morgan fingerprint density at radius 3 is 2.79 bits per heavy atom. The Balaban J connectivity index is 2.24. The van der Waals surface area contributed by atoms with E-state index in [2.05, 4.69) is 27.6 Å². The van der Waals surface area contributed by atoms with E-state index in [1.54, 1.807) is 12.5 Å². The normalized spacial score (nSPS) is 20.8. The number of ether oxygens (including phenoxy) is 1. The van der Waals surface area contributed by atoms with Gasteiger partial charge in [0.05, 0.1) is 18.1 Å². The zero-order valence-corrected chi connectivity index (χ0v) is 12.8. The van der Waals surface area contributed by atoms with Crippen molar-refractivity contribution in [1.29, 1.82) is 0 Å². The second kappa shape index (κ2) is 4.33. The Hall–Kier alpha value is -1.37. The van der Waals surface area contributed by atoms with Crippen molar-refractivity contribution in [3.63, 3.8) is 0 Å². The summed E-state index contributed by atoms with van der Waals surface area (Å²) in [6.45, 7) is 3.86. The molecule has 1 aromatic carbocycles. The summed E-state index contributed by atoms with van der Waals surface area (Å²) >= 11 is 2.24. The third-order valence-electron chi connectivity index (χ3n) is 3.39. The fraction of sp³-hybridized carbons (Fsp3) is 0.286. The predicted octanol–water partition coefficient (Wildman–Crippen LogP) is 3.03. The quantitative estimate of drug-likeness (QED) is 0.574. The summed E-state index contributed by atoms with van der Waals surface area (Å²) in [6, 6.07) is 7.54. The number of carbonyl (C=O) groups excluding carboxylic acids is 1. The minimum atomic E-state index is -0.605. The molecule has 0 amide bonds. The van der Waals surface area contributed by atoms with E-state index < -0.39 is 5.60 Å². The third kappa shape index (κ3) is 1.96. The van der Waals surface area contributed by atoms with Crippen LogP contribution < -0.4 is 0 Å². The summed E-state index contributed by atoms with van der Waals surface area (Å²) < 4.78 is 8.67. The smallest absolute Gasteiger partial charge is 0.339 e. The minimum absolute atomic E-state index is 0.0594. The highest BCUT2D eigenvalue weighted by molar-refractivity contribution is 14.1.